The second-order valence-corrected chi connectivity index (χ2v) is 5.19. The van der Waals surface area contributed by atoms with Gasteiger partial charge in [-0.05, 0) is 26.3 Å². The van der Waals surface area contributed by atoms with Gasteiger partial charge in [-0.3, -0.25) is 19.2 Å². The lowest BCUT2D eigenvalue weighted by Gasteiger charge is -2.20. The van der Waals surface area contributed by atoms with Crippen LogP contribution in [0.25, 0.3) is 0 Å². The van der Waals surface area contributed by atoms with Crippen LogP contribution in [-0.4, -0.2) is 53.5 Å². The number of aliphatic carboxylic acids is 1. The molecule has 0 heterocycles. The molecule has 0 bridgehead atoms. The summed E-state index contributed by atoms with van der Waals surface area (Å²) in [5.74, 6) is -3.50. The van der Waals surface area contributed by atoms with Crippen LogP contribution in [0.2, 0.25) is 0 Å². The number of carbonyl (C=O) groups excluding carboxylic acids is 3. The molecule has 0 aromatic carbocycles. The molecule has 0 saturated heterocycles. The van der Waals surface area contributed by atoms with E-state index < -0.39 is 48.2 Å². The summed E-state index contributed by atoms with van der Waals surface area (Å²) in [5.41, 5.74) is 16.1. The number of unbranched alkanes of at least 4 members (excludes halogenated alkanes) is 1. The lowest BCUT2D eigenvalue weighted by molar-refractivity contribution is -0.141. The zero-order valence-electron chi connectivity index (χ0n) is 13.1. The van der Waals surface area contributed by atoms with Crippen molar-refractivity contribution in [3.8, 4) is 0 Å². The monoisotopic (exact) mass is 331 g/mol. The zero-order valence-corrected chi connectivity index (χ0v) is 13.1. The van der Waals surface area contributed by atoms with E-state index >= 15 is 0 Å². The van der Waals surface area contributed by atoms with E-state index in [1.165, 1.54) is 6.92 Å². The third-order valence-electron chi connectivity index (χ3n) is 3.07. The molecule has 10 heteroatoms. The maximum atomic E-state index is 12.0. The number of primary amides is 1. The Morgan fingerprint density at radius 3 is 2.17 bits per heavy atom. The molecule has 0 aromatic rings. The van der Waals surface area contributed by atoms with Crippen LogP contribution in [0.1, 0.15) is 32.6 Å². The van der Waals surface area contributed by atoms with E-state index in [0.717, 1.165) is 0 Å². The van der Waals surface area contributed by atoms with Crippen LogP contribution in [0.15, 0.2) is 0 Å². The highest BCUT2D eigenvalue weighted by molar-refractivity contribution is 5.94. The number of carboxylic acid groups (broad SMARTS) is 1. The zero-order chi connectivity index (χ0) is 18.0. The first-order valence-corrected chi connectivity index (χ1v) is 7.26. The molecule has 0 spiro atoms. The minimum absolute atomic E-state index is 0.374. The van der Waals surface area contributed by atoms with Gasteiger partial charge in [0.05, 0.1) is 12.5 Å². The molecule has 0 radical (unpaired) electrons. The summed E-state index contributed by atoms with van der Waals surface area (Å²) in [5, 5.41) is 13.2. The summed E-state index contributed by atoms with van der Waals surface area (Å²) in [7, 11) is 0. The highest BCUT2D eigenvalue weighted by Crippen LogP contribution is 2.00. The molecule has 0 aliphatic carbocycles. The van der Waals surface area contributed by atoms with Gasteiger partial charge in [-0.1, -0.05) is 6.42 Å². The number of rotatable bonds is 11. The quantitative estimate of drug-likeness (QED) is 0.223. The first kappa shape index (κ1) is 20.8. The van der Waals surface area contributed by atoms with Gasteiger partial charge in [0.2, 0.25) is 17.7 Å². The fourth-order valence-electron chi connectivity index (χ4n) is 1.70. The molecular formula is C13H25N5O5. The molecule has 0 fully saturated rings. The van der Waals surface area contributed by atoms with Gasteiger partial charge in [-0.2, -0.15) is 0 Å². The van der Waals surface area contributed by atoms with Crippen molar-refractivity contribution >= 4 is 23.7 Å². The van der Waals surface area contributed by atoms with Gasteiger partial charge in [0.25, 0.3) is 0 Å². The molecular weight excluding hydrogens is 306 g/mol. The van der Waals surface area contributed by atoms with E-state index in [1.807, 2.05) is 0 Å². The van der Waals surface area contributed by atoms with Crippen molar-refractivity contribution in [1.29, 1.82) is 0 Å². The molecule has 0 aliphatic heterocycles. The predicted molar refractivity (Wildman–Crippen MR) is 81.9 cm³/mol. The maximum Gasteiger partial charge on any atom is 0.325 e. The van der Waals surface area contributed by atoms with Crippen molar-refractivity contribution in [3.63, 3.8) is 0 Å². The van der Waals surface area contributed by atoms with Crippen LogP contribution in [0.4, 0.5) is 0 Å². The Bertz CT molecular complexity index is 442. The number of amides is 3. The van der Waals surface area contributed by atoms with Crippen LogP contribution in [0.5, 0.6) is 0 Å². The number of nitrogens with one attached hydrogen (secondary N) is 2. The van der Waals surface area contributed by atoms with E-state index in [-0.39, 0.29) is 0 Å². The van der Waals surface area contributed by atoms with E-state index in [2.05, 4.69) is 10.6 Å². The van der Waals surface area contributed by atoms with Crippen molar-refractivity contribution in [2.45, 2.75) is 50.7 Å². The van der Waals surface area contributed by atoms with E-state index in [4.69, 9.17) is 22.3 Å². The first-order valence-electron chi connectivity index (χ1n) is 7.26. The molecule has 0 rings (SSSR count). The second-order valence-electron chi connectivity index (χ2n) is 5.19. The molecule has 3 amide bonds. The Kier molecular flexibility index (Phi) is 9.51. The van der Waals surface area contributed by atoms with Crippen LogP contribution < -0.4 is 27.8 Å². The summed E-state index contributed by atoms with van der Waals surface area (Å²) in [4.78, 5) is 45.7. The van der Waals surface area contributed by atoms with Gasteiger partial charge < -0.3 is 32.9 Å². The third kappa shape index (κ3) is 8.73. The molecule has 0 aromatic heterocycles. The van der Waals surface area contributed by atoms with Crippen LogP contribution in [0, 0.1) is 0 Å². The Morgan fingerprint density at radius 1 is 1.09 bits per heavy atom. The average molecular weight is 331 g/mol. The Balaban J connectivity index is 4.71. The van der Waals surface area contributed by atoms with Gasteiger partial charge in [0, 0.05) is 0 Å². The minimum Gasteiger partial charge on any atom is -0.480 e. The SMILES string of the molecule is CC(NC(=O)C(CC(N)=O)NC(=O)C(N)CCCCN)C(=O)O. The fourth-order valence-corrected chi connectivity index (χ4v) is 1.70. The third-order valence-corrected chi connectivity index (χ3v) is 3.07. The maximum absolute atomic E-state index is 12.0. The molecule has 10 nitrogen and oxygen atoms in total. The molecule has 23 heavy (non-hydrogen) atoms. The average Bonchev–Trinajstić information content (AvgIpc) is 2.45. The number of hydrogen-bond donors (Lipinski definition) is 6. The van der Waals surface area contributed by atoms with Gasteiger partial charge in [-0.15, -0.1) is 0 Å². The lowest BCUT2D eigenvalue weighted by atomic mass is 10.1. The molecule has 0 saturated carbocycles. The van der Waals surface area contributed by atoms with E-state index in [0.29, 0.717) is 25.8 Å². The first-order chi connectivity index (χ1) is 10.7. The number of hydrogen-bond acceptors (Lipinski definition) is 6. The highest BCUT2D eigenvalue weighted by atomic mass is 16.4. The summed E-state index contributed by atoms with van der Waals surface area (Å²) >= 11 is 0. The predicted octanol–water partition coefficient (Wildman–Crippen LogP) is -2.61. The standard InChI is InChI=1S/C13H25N5O5/c1-7(13(22)23)17-12(21)9(6-10(16)19)18-11(20)8(15)4-2-3-5-14/h7-9H,2-6,14-15H2,1H3,(H2,16,19)(H,17,21)(H,18,20)(H,22,23). The fraction of sp³-hybridized carbons (Fsp3) is 0.692. The molecule has 3 unspecified atom stereocenters. The smallest absolute Gasteiger partial charge is 0.325 e. The number of nitrogens with two attached hydrogens (primary N) is 3. The minimum atomic E-state index is -1.28. The van der Waals surface area contributed by atoms with Gasteiger partial charge in [-0.25, -0.2) is 0 Å². The van der Waals surface area contributed by atoms with Gasteiger partial charge in [0.1, 0.15) is 12.1 Å². The number of carboxylic acids is 1. The summed E-state index contributed by atoms with van der Waals surface area (Å²) < 4.78 is 0. The normalized spacial score (nSPS) is 14.4. The van der Waals surface area contributed by atoms with Gasteiger partial charge >= 0.3 is 5.97 Å². The van der Waals surface area contributed by atoms with Crippen LogP contribution >= 0.6 is 0 Å². The lowest BCUT2D eigenvalue weighted by Crippen LogP contribution is -2.54. The van der Waals surface area contributed by atoms with Crippen molar-refractivity contribution in [2.24, 2.45) is 17.2 Å². The van der Waals surface area contributed by atoms with E-state index in [9.17, 15) is 19.2 Å². The Labute approximate surface area is 134 Å². The summed E-state index contributed by atoms with van der Waals surface area (Å²) in [6, 6.07) is -3.31. The van der Waals surface area contributed by atoms with Crippen LogP contribution in [-0.2, 0) is 19.2 Å². The second kappa shape index (κ2) is 10.5. The van der Waals surface area contributed by atoms with Gasteiger partial charge in [0.15, 0.2) is 0 Å². The van der Waals surface area contributed by atoms with Crippen molar-refractivity contribution in [1.82, 2.24) is 10.6 Å². The van der Waals surface area contributed by atoms with Crippen molar-refractivity contribution in [3.05, 3.63) is 0 Å². The largest absolute Gasteiger partial charge is 0.480 e. The summed E-state index contributed by atoms with van der Waals surface area (Å²) in [6.07, 6.45) is 1.27. The number of carbonyl (C=O) groups is 4. The molecule has 9 N–H and O–H groups in total. The molecule has 0 aliphatic rings. The highest BCUT2D eigenvalue weighted by Gasteiger charge is 2.27. The Morgan fingerprint density at radius 2 is 1.70 bits per heavy atom. The Hall–Kier alpha value is -2.20. The molecule has 132 valence electrons. The molecule has 3 atom stereocenters. The van der Waals surface area contributed by atoms with Crippen molar-refractivity contribution < 1.29 is 24.3 Å². The topological polar surface area (TPSA) is 191 Å². The van der Waals surface area contributed by atoms with Crippen LogP contribution in [0.3, 0.4) is 0 Å². The van der Waals surface area contributed by atoms with Crippen molar-refractivity contribution in [2.75, 3.05) is 6.54 Å². The summed E-state index contributed by atoms with van der Waals surface area (Å²) in [6.45, 7) is 1.73. The van der Waals surface area contributed by atoms with E-state index in [1.54, 1.807) is 0 Å².